The Labute approximate surface area is 200 Å². The molecule has 0 N–H and O–H groups in total. The molecule has 14 heteroatoms. The number of ether oxygens (including phenoxy) is 3. The number of rotatable bonds is 21. The van der Waals surface area contributed by atoms with Crippen LogP contribution in [0.3, 0.4) is 0 Å². The van der Waals surface area contributed by atoms with E-state index in [1.165, 1.54) is 10.8 Å². The molecule has 1 rings (SSSR count). The predicted octanol–water partition coefficient (Wildman–Crippen LogP) is 2.46. The lowest BCUT2D eigenvalue weighted by Gasteiger charge is -2.12. The Hall–Kier alpha value is -1.83. The lowest BCUT2D eigenvalue weighted by molar-refractivity contribution is -0.197. The molecule has 0 aromatic rings. The van der Waals surface area contributed by atoms with Gasteiger partial charge in [-0.2, -0.15) is 0 Å². The summed E-state index contributed by atoms with van der Waals surface area (Å²) < 4.78 is 15.9. The lowest BCUT2D eigenvalue weighted by atomic mass is 10.2. The fourth-order valence-electron chi connectivity index (χ4n) is 2.38. The van der Waals surface area contributed by atoms with E-state index < -0.39 is 17.8 Å². The van der Waals surface area contributed by atoms with E-state index in [2.05, 4.69) is 10.0 Å². The first kappa shape index (κ1) is 29.2. The van der Waals surface area contributed by atoms with E-state index in [-0.39, 0.29) is 25.0 Å². The van der Waals surface area contributed by atoms with Crippen molar-refractivity contribution in [3.05, 3.63) is 10.4 Å². The molecule has 2 amide bonds. The van der Waals surface area contributed by atoms with Crippen LogP contribution in [0.4, 0.5) is 0 Å². The molecule has 12 nitrogen and oxygen atoms in total. The number of Topliss-reactive ketones (excluding diaryl/α,β-unsaturated/α-hetero) is 1. The third-order valence-corrected chi connectivity index (χ3v) is 6.52. The van der Waals surface area contributed by atoms with Crippen LogP contribution in [0.2, 0.25) is 0 Å². The van der Waals surface area contributed by atoms with Crippen LogP contribution >= 0.6 is 21.6 Å². The zero-order valence-electron chi connectivity index (χ0n) is 18.5. The molecule has 186 valence electrons. The van der Waals surface area contributed by atoms with Crippen LogP contribution in [0, 0.1) is 0 Å². The molecule has 0 atom stereocenters. The average molecular weight is 507 g/mol. The summed E-state index contributed by atoms with van der Waals surface area (Å²) in [5.41, 5.74) is 8.10. The highest BCUT2D eigenvalue weighted by molar-refractivity contribution is 8.76. The van der Waals surface area contributed by atoms with Gasteiger partial charge in [0.15, 0.2) is 0 Å². The summed E-state index contributed by atoms with van der Waals surface area (Å²) in [6.45, 7) is 2.68. The molecule has 1 fully saturated rings. The summed E-state index contributed by atoms with van der Waals surface area (Å²) in [7, 11) is 3.04. The number of ketones is 1. The number of amides is 2. The van der Waals surface area contributed by atoms with E-state index in [1.807, 2.05) is 0 Å². The van der Waals surface area contributed by atoms with E-state index >= 15 is 0 Å². The Bertz CT molecular complexity index is 660. The Balaban J connectivity index is 1.83. The molecule has 0 saturated carbocycles. The fraction of sp³-hybridized carbons (Fsp3) is 0.789. The second kappa shape index (κ2) is 19.6. The van der Waals surface area contributed by atoms with Crippen LogP contribution in [0.5, 0.6) is 0 Å². The molecule has 0 unspecified atom stereocenters. The zero-order chi connectivity index (χ0) is 24.2. The molecule has 1 aliphatic heterocycles. The monoisotopic (exact) mass is 506 g/mol. The van der Waals surface area contributed by atoms with Crippen molar-refractivity contribution in [2.45, 2.75) is 38.5 Å². The van der Waals surface area contributed by atoms with Crippen LogP contribution in [-0.2, 0) is 38.2 Å². The maximum absolute atomic E-state index is 11.8. The van der Waals surface area contributed by atoms with Gasteiger partial charge in [-0.05, 0) is 12.0 Å². The van der Waals surface area contributed by atoms with Gasteiger partial charge in [0, 0.05) is 48.6 Å². The number of hydrogen-bond donors (Lipinski definition) is 0. The summed E-state index contributed by atoms with van der Waals surface area (Å²) in [5, 5.41) is 3.90. The minimum Gasteiger partial charge on any atom is -0.379 e. The number of imide groups is 1. The van der Waals surface area contributed by atoms with Gasteiger partial charge in [-0.15, -0.1) is 5.06 Å². The fourth-order valence-corrected chi connectivity index (χ4v) is 4.44. The third kappa shape index (κ3) is 15.6. The first-order valence-electron chi connectivity index (χ1n) is 10.6. The summed E-state index contributed by atoms with van der Waals surface area (Å²) >= 11 is 0. The average Bonchev–Trinajstić information content (AvgIpc) is 3.11. The Morgan fingerprint density at radius 3 is 2.15 bits per heavy atom. The van der Waals surface area contributed by atoms with E-state index in [9.17, 15) is 19.2 Å². The highest BCUT2D eigenvalue weighted by Gasteiger charge is 2.32. The van der Waals surface area contributed by atoms with Crippen molar-refractivity contribution < 1.29 is 38.2 Å². The number of carbonyl (C=O) groups excluding carboxylic acids is 4. The van der Waals surface area contributed by atoms with Crippen LogP contribution in [-0.4, -0.2) is 86.3 Å². The minimum absolute atomic E-state index is 0.0783. The van der Waals surface area contributed by atoms with Crippen molar-refractivity contribution in [2.75, 3.05) is 57.7 Å². The number of carbonyl (C=O) groups is 4. The smallest absolute Gasteiger partial charge is 0.334 e. The Morgan fingerprint density at radius 1 is 0.879 bits per heavy atom. The van der Waals surface area contributed by atoms with E-state index in [0.717, 1.165) is 12.2 Å². The summed E-state index contributed by atoms with van der Waals surface area (Å²) in [6.07, 6.45) is 1.82. The second-order valence-corrected chi connectivity index (χ2v) is 9.33. The summed E-state index contributed by atoms with van der Waals surface area (Å²) in [4.78, 5) is 53.6. The van der Waals surface area contributed by atoms with Crippen molar-refractivity contribution in [1.82, 2.24) is 5.06 Å². The molecule has 0 bridgehead atoms. The molecule has 0 aromatic carbocycles. The lowest BCUT2D eigenvalue weighted by Crippen LogP contribution is -2.32. The highest BCUT2D eigenvalue weighted by atomic mass is 33.1. The number of hydrogen-bond acceptors (Lipinski definition) is 11. The summed E-state index contributed by atoms with van der Waals surface area (Å²) in [6, 6.07) is 0. The van der Waals surface area contributed by atoms with Crippen molar-refractivity contribution in [1.29, 1.82) is 0 Å². The standard InChI is InChI=1S/C19H30N4O8S2/c20-22-21-7-9-29-11-13-30-12-10-28-8-5-16(24)2-1-14-32-33-15-6-19(27)31-23-17(25)3-4-18(23)26/h1-15H2. The molecular formula is C19H30N4O8S2. The van der Waals surface area contributed by atoms with Crippen molar-refractivity contribution in [3.63, 3.8) is 0 Å². The molecule has 0 radical (unpaired) electrons. The van der Waals surface area contributed by atoms with Crippen LogP contribution in [0.1, 0.15) is 38.5 Å². The molecule has 0 aromatic heterocycles. The maximum Gasteiger partial charge on any atom is 0.334 e. The first-order valence-corrected chi connectivity index (χ1v) is 13.1. The Kier molecular flexibility index (Phi) is 17.4. The van der Waals surface area contributed by atoms with Crippen molar-refractivity contribution in [2.24, 2.45) is 5.11 Å². The molecule has 1 aliphatic rings. The topological polar surface area (TPSA) is 157 Å². The Morgan fingerprint density at radius 2 is 1.48 bits per heavy atom. The molecular weight excluding hydrogens is 476 g/mol. The van der Waals surface area contributed by atoms with Gasteiger partial charge in [0.1, 0.15) is 5.78 Å². The molecule has 0 spiro atoms. The van der Waals surface area contributed by atoms with Crippen LogP contribution in [0.15, 0.2) is 5.11 Å². The minimum atomic E-state index is -0.608. The highest BCUT2D eigenvalue weighted by Crippen LogP contribution is 2.24. The molecule has 33 heavy (non-hydrogen) atoms. The molecule has 1 saturated heterocycles. The van der Waals surface area contributed by atoms with Gasteiger partial charge in [0.05, 0.1) is 46.1 Å². The first-order chi connectivity index (χ1) is 16.0. The van der Waals surface area contributed by atoms with Crippen LogP contribution in [0.25, 0.3) is 10.4 Å². The summed E-state index contributed by atoms with van der Waals surface area (Å²) in [5.74, 6) is -0.179. The van der Waals surface area contributed by atoms with Gasteiger partial charge in [-0.3, -0.25) is 14.4 Å². The second-order valence-electron chi connectivity index (χ2n) is 6.62. The third-order valence-electron chi connectivity index (χ3n) is 4.02. The number of nitrogens with zero attached hydrogens (tertiary/aromatic N) is 4. The quantitative estimate of drug-likeness (QED) is 0.0565. The molecule has 1 heterocycles. The van der Waals surface area contributed by atoms with Crippen LogP contribution < -0.4 is 0 Å². The predicted molar refractivity (Wildman–Crippen MR) is 122 cm³/mol. The van der Waals surface area contributed by atoms with Gasteiger partial charge in [-0.25, -0.2) is 4.79 Å². The maximum atomic E-state index is 11.8. The van der Waals surface area contributed by atoms with Crippen molar-refractivity contribution >= 4 is 45.2 Å². The van der Waals surface area contributed by atoms with Gasteiger partial charge >= 0.3 is 5.97 Å². The number of azide groups is 1. The zero-order valence-corrected chi connectivity index (χ0v) is 20.1. The van der Waals surface area contributed by atoms with Gasteiger partial charge < -0.3 is 19.0 Å². The normalized spacial score (nSPS) is 13.3. The van der Waals surface area contributed by atoms with Gasteiger partial charge in [0.25, 0.3) is 11.8 Å². The van der Waals surface area contributed by atoms with Crippen molar-refractivity contribution in [3.8, 4) is 0 Å². The largest absolute Gasteiger partial charge is 0.379 e. The van der Waals surface area contributed by atoms with E-state index in [4.69, 9.17) is 24.6 Å². The number of hydroxylamine groups is 2. The van der Waals surface area contributed by atoms with E-state index in [0.29, 0.717) is 69.8 Å². The SMILES string of the molecule is [N-]=[N+]=NCCOCCOCCOCCC(=O)CCCSSCCC(=O)ON1C(=O)CCC1=O. The van der Waals surface area contributed by atoms with Gasteiger partial charge in [0.2, 0.25) is 0 Å². The van der Waals surface area contributed by atoms with E-state index in [1.54, 1.807) is 10.8 Å². The van der Waals surface area contributed by atoms with Gasteiger partial charge in [-0.1, -0.05) is 26.7 Å². The molecule has 0 aliphatic carbocycles.